The normalized spacial score (nSPS) is 19.4. The number of anilines is 4. The maximum Gasteiger partial charge on any atom is 0.341 e. The number of hydrogen-bond acceptors (Lipinski definition) is 18. The highest BCUT2D eigenvalue weighted by atomic mass is 16.5. The maximum atomic E-state index is 12.3. The molecule has 132 heavy (non-hydrogen) atoms. The lowest BCUT2D eigenvalue weighted by atomic mass is 10.0. The topological polar surface area (TPSA) is 343 Å². The lowest BCUT2D eigenvalue weighted by molar-refractivity contribution is -0.0499. The first-order chi connectivity index (χ1) is 64.1. The van der Waals surface area contributed by atoms with Crippen molar-refractivity contribution in [2.24, 2.45) is 17.8 Å². The number of hydrogen-bond donors (Lipinski definition) is 10. The number of nitrogens with zero attached hydrogens (tertiary/aromatic N) is 6. The Bertz CT molecular complexity index is 6210. The first-order valence-corrected chi connectivity index (χ1v) is 45.9. The number of benzene rings is 8. The summed E-state index contributed by atoms with van der Waals surface area (Å²) in [4.78, 5) is 120. The zero-order valence-electron chi connectivity index (χ0n) is 74.8. The minimum Gasteiger partial charge on any atom is -0.477 e. The number of carboxylic acid groups (broad SMARTS) is 4. The van der Waals surface area contributed by atoms with Crippen molar-refractivity contribution in [3.8, 4) is 45.0 Å². The maximum absolute atomic E-state index is 12.3. The molecule has 7 aliphatic rings. The van der Waals surface area contributed by atoms with Gasteiger partial charge in [0.05, 0.1) is 60.3 Å². The van der Waals surface area contributed by atoms with Crippen LogP contribution < -0.4 is 52.5 Å². The van der Waals surface area contributed by atoms with E-state index < -0.39 is 46.1 Å². The van der Waals surface area contributed by atoms with Crippen LogP contribution in [0, 0.1) is 17.8 Å². The average molecular weight is 1780 g/mol. The molecule has 0 amide bonds. The number of fused-ring (bicyclic) bond motifs is 3. The van der Waals surface area contributed by atoms with Gasteiger partial charge in [-0.1, -0.05) is 198 Å². The van der Waals surface area contributed by atoms with Gasteiger partial charge in [-0.05, 0) is 189 Å². The molecule has 26 heteroatoms. The summed E-state index contributed by atoms with van der Waals surface area (Å²) in [5, 5.41) is 44.1. The van der Waals surface area contributed by atoms with Gasteiger partial charge >= 0.3 is 23.9 Å². The van der Waals surface area contributed by atoms with Gasteiger partial charge < -0.3 is 80.1 Å². The van der Waals surface area contributed by atoms with Gasteiger partial charge in [-0.15, -0.1) is 0 Å². The third kappa shape index (κ3) is 21.7. The second kappa shape index (κ2) is 42.1. The van der Waals surface area contributed by atoms with Gasteiger partial charge in [-0.3, -0.25) is 29.0 Å². The number of nitrogens with one attached hydrogen (secondary N) is 6. The number of aromatic carboxylic acids is 4. The van der Waals surface area contributed by atoms with Crippen molar-refractivity contribution < 1.29 is 49.1 Å². The molecule has 8 atom stereocenters. The van der Waals surface area contributed by atoms with Gasteiger partial charge in [0.25, 0.3) is 22.2 Å². The molecule has 0 bridgehead atoms. The van der Waals surface area contributed by atoms with Crippen molar-refractivity contribution in [2.75, 3.05) is 105 Å². The van der Waals surface area contributed by atoms with Crippen molar-refractivity contribution in [3.63, 3.8) is 0 Å². The molecule has 682 valence electrons. The fourth-order valence-corrected chi connectivity index (χ4v) is 19.5. The second-order valence-corrected chi connectivity index (χ2v) is 35.1. The van der Waals surface area contributed by atoms with Crippen LogP contribution in [-0.2, 0) is 61.3 Å². The molecular weight excluding hydrogens is 1670 g/mol. The SMILES string of the molecule is CCc1cc(C(=O)O)c(=O)[nH]c1-c1ccc(N2CC3NCCOC3C2)cc1.CCc1cc(C(=O)O)c(=O)[nH]c1-c1ccc(N2CC3OCCN(Cc4ccccc4)C3C2)cc1.CCc1cc(C(=O)O)c(=O)[nH]c1-c1ccc(N2CCC(CN(Cc3ccccc3)Cc3ccccc3)C2)cc1.CCc1cc(C(=O)O)c(=O)[nH]c1-c1ccc(N2C[C@@H]3C(NCc4ccccc4)[C@@H]3C2)cc1. The van der Waals surface area contributed by atoms with Gasteiger partial charge in [0, 0.05) is 127 Å². The molecule has 8 aromatic carbocycles. The molecule has 0 spiro atoms. The quantitative estimate of drug-likeness (QED) is 0.0229. The first-order valence-electron chi connectivity index (χ1n) is 45.9. The van der Waals surface area contributed by atoms with Crippen molar-refractivity contribution in [3.05, 3.63) is 351 Å². The lowest BCUT2D eigenvalue weighted by Gasteiger charge is -2.36. The molecule has 7 fully saturated rings. The van der Waals surface area contributed by atoms with Crippen molar-refractivity contribution in [1.29, 1.82) is 0 Å². The van der Waals surface area contributed by atoms with Crippen LogP contribution in [0.25, 0.3) is 45.0 Å². The third-order valence-electron chi connectivity index (χ3n) is 26.7. The van der Waals surface area contributed by atoms with Crippen LogP contribution in [0.3, 0.4) is 0 Å². The Morgan fingerprint density at radius 1 is 0.394 bits per heavy atom. The van der Waals surface area contributed by atoms with Crippen LogP contribution >= 0.6 is 0 Å². The van der Waals surface area contributed by atoms with E-state index in [4.69, 9.17) is 14.6 Å². The second-order valence-electron chi connectivity index (χ2n) is 35.1. The number of morpholine rings is 2. The minimum atomic E-state index is -1.21. The average Bonchev–Trinajstić information content (AvgIpc) is 1.58. The van der Waals surface area contributed by atoms with E-state index >= 15 is 0 Å². The van der Waals surface area contributed by atoms with Crippen LogP contribution in [0.15, 0.2) is 262 Å². The van der Waals surface area contributed by atoms with Gasteiger partial charge in [0.1, 0.15) is 22.3 Å². The van der Waals surface area contributed by atoms with Crippen LogP contribution in [-0.4, -0.2) is 190 Å². The van der Waals surface area contributed by atoms with E-state index in [1.807, 2.05) is 100 Å². The van der Waals surface area contributed by atoms with E-state index in [-0.39, 0.29) is 34.5 Å². The molecule has 12 aromatic rings. The summed E-state index contributed by atoms with van der Waals surface area (Å²) in [5.74, 6) is -2.86. The summed E-state index contributed by atoms with van der Waals surface area (Å²) >= 11 is 0. The lowest BCUT2D eigenvalue weighted by Crippen LogP contribution is -2.50. The number of aryl methyl sites for hydroxylation is 4. The molecule has 6 aliphatic heterocycles. The minimum absolute atomic E-state index is 0.184. The monoisotopic (exact) mass is 1780 g/mol. The van der Waals surface area contributed by atoms with E-state index in [1.165, 1.54) is 57.9 Å². The molecule has 6 saturated heterocycles. The van der Waals surface area contributed by atoms with Crippen molar-refractivity contribution >= 4 is 46.6 Å². The summed E-state index contributed by atoms with van der Waals surface area (Å²) in [6.45, 7) is 23.5. The van der Waals surface area contributed by atoms with E-state index in [0.717, 1.165) is 174 Å². The van der Waals surface area contributed by atoms with Crippen LogP contribution in [0.1, 0.15) is 120 Å². The summed E-state index contributed by atoms with van der Waals surface area (Å²) in [6.07, 6.45) is 4.08. The number of H-pyrrole nitrogens is 4. The largest absolute Gasteiger partial charge is 0.477 e. The molecule has 19 rings (SSSR count). The molecule has 1 aliphatic carbocycles. The first kappa shape index (κ1) is 91.7. The van der Waals surface area contributed by atoms with Gasteiger partial charge in [0.15, 0.2) is 0 Å². The molecule has 1 saturated carbocycles. The molecule has 4 aromatic heterocycles. The van der Waals surface area contributed by atoms with E-state index in [9.17, 15) is 53.7 Å². The predicted octanol–water partition coefficient (Wildman–Crippen LogP) is 14.2. The van der Waals surface area contributed by atoms with Crippen LogP contribution in [0.5, 0.6) is 0 Å². The Balaban J connectivity index is 0.000000129. The summed E-state index contributed by atoms with van der Waals surface area (Å²) in [6, 6.07) is 82.3. The Morgan fingerprint density at radius 2 is 0.750 bits per heavy atom. The van der Waals surface area contributed by atoms with Gasteiger partial charge in [-0.2, -0.15) is 0 Å². The number of aromatic amines is 4. The van der Waals surface area contributed by atoms with E-state index in [1.54, 1.807) is 0 Å². The summed E-state index contributed by atoms with van der Waals surface area (Å²) < 4.78 is 11.9. The van der Waals surface area contributed by atoms with Crippen molar-refractivity contribution in [2.45, 2.75) is 116 Å². The molecular formula is C106H114N12O14. The Kier molecular flexibility index (Phi) is 29.2. The van der Waals surface area contributed by atoms with Gasteiger partial charge in [0.2, 0.25) is 0 Å². The standard InChI is InChI=1S/C33H35N3O3.C27H29N3O4.C26H27N3O3.C20H23N3O4/c1-2-27-19-30(33(38)39)32(37)34-31(27)28-13-15-29(16-14-28)36-18-17-26(23-36)22-35(20-24-9-5-3-6-10-24)21-25-11-7-4-8-12-25;1-2-19-14-22(27(32)33)26(31)28-25(19)20-8-10-21(11-9-20)30-16-23-24(17-30)34-13-12-29(23)15-18-6-4-3-5-7-18;1-2-17-12-20(26(31)32)25(30)28-23(17)18-8-10-19(11-9-18)29-14-21-22(15-29)24(21)27-13-16-6-4-3-5-7-16;1-2-12-9-15(20(25)26)19(24)22-18(12)13-3-5-14(6-4-13)23-10-16-17(11-23)27-8-7-21-16/h3-16,19,26H,2,17-18,20-23H2,1H3,(H,34,37)(H,38,39);3-11,14,23-24H,2,12-13,15-17H2,1H3,(H,28,31)(H,32,33);3-12,21-22,24,27H,2,13-15H2,1H3,(H,28,30)(H,31,32);3-6,9,16-17,21H,2,7-8,10-11H2,1H3,(H,22,24)(H,25,26)/t;;21-,22+,24?;. The highest BCUT2D eigenvalue weighted by molar-refractivity contribution is 5.90. The number of carbonyl (C=O) groups is 4. The number of ether oxygens (including phenoxy) is 2. The highest BCUT2D eigenvalue weighted by Gasteiger charge is 2.55. The smallest absolute Gasteiger partial charge is 0.341 e. The molecule has 6 unspecified atom stereocenters. The number of pyridine rings is 4. The van der Waals surface area contributed by atoms with E-state index in [2.05, 4.69) is 206 Å². The molecule has 10 N–H and O–H groups in total. The zero-order valence-corrected chi connectivity index (χ0v) is 74.8. The predicted molar refractivity (Wildman–Crippen MR) is 515 cm³/mol. The van der Waals surface area contributed by atoms with Crippen molar-refractivity contribution in [1.82, 2.24) is 40.4 Å². The Hall–Kier alpha value is -13.6. The molecule has 10 heterocycles. The Labute approximate surface area is 766 Å². The fourth-order valence-electron chi connectivity index (χ4n) is 19.5. The molecule has 0 radical (unpaired) electrons. The van der Waals surface area contributed by atoms with E-state index in [0.29, 0.717) is 84.3 Å². The highest BCUT2D eigenvalue weighted by Crippen LogP contribution is 2.47. The number of rotatable bonds is 27. The van der Waals surface area contributed by atoms with Crippen LogP contribution in [0.4, 0.5) is 22.7 Å². The summed E-state index contributed by atoms with van der Waals surface area (Å²) in [5.41, 5.74) is 16.2. The Morgan fingerprint density at radius 3 is 1.14 bits per heavy atom. The number of piperidine rings is 1. The third-order valence-corrected chi connectivity index (χ3v) is 26.7. The fraction of sp³-hybridized carbons (Fsp3) is 0.321. The summed E-state index contributed by atoms with van der Waals surface area (Å²) in [7, 11) is 0. The zero-order chi connectivity index (χ0) is 92.1. The number of aromatic nitrogens is 4. The molecule has 26 nitrogen and oxygen atoms in total. The number of carboxylic acids is 4. The van der Waals surface area contributed by atoms with Crippen LogP contribution in [0.2, 0.25) is 0 Å². The van der Waals surface area contributed by atoms with Gasteiger partial charge in [-0.25, -0.2) is 19.2 Å².